The van der Waals surface area contributed by atoms with Crippen LogP contribution >= 0.6 is 0 Å². The Hall–Kier alpha value is -0.570. The third kappa shape index (κ3) is 4.66. The van der Waals surface area contributed by atoms with E-state index in [1.165, 1.54) is 25.7 Å². The van der Waals surface area contributed by atoms with E-state index in [9.17, 15) is 4.79 Å². The lowest BCUT2D eigenvalue weighted by molar-refractivity contribution is -0.130. The van der Waals surface area contributed by atoms with Crippen molar-refractivity contribution in [1.29, 1.82) is 0 Å². The van der Waals surface area contributed by atoms with E-state index < -0.39 is 0 Å². The smallest absolute Gasteiger partial charge is 0.236 e. The first-order valence-electron chi connectivity index (χ1n) is 7.20. The van der Waals surface area contributed by atoms with Gasteiger partial charge in [0.1, 0.15) is 0 Å². The summed E-state index contributed by atoms with van der Waals surface area (Å²) in [6.45, 7) is 6.83. The summed E-state index contributed by atoms with van der Waals surface area (Å²) in [6.07, 6.45) is 6.39. The van der Waals surface area contributed by atoms with Crippen LogP contribution in [0.4, 0.5) is 0 Å². The molecule has 3 heteroatoms. The molecule has 1 unspecified atom stereocenters. The predicted octanol–water partition coefficient (Wildman–Crippen LogP) is 2.02. The third-order valence-corrected chi connectivity index (χ3v) is 3.92. The van der Waals surface area contributed by atoms with Crippen molar-refractivity contribution in [3.63, 3.8) is 0 Å². The van der Waals surface area contributed by atoms with E-state index in [-0.39, 0.29) is 0 Å². The first-order valence-corrected chi connectivity index (χ1v) is 7.20. The summed E-state index contributed by atoms with van der Waals surface area (Å²) < 4.78 is 0. The number of carbonyl (C=O) groups is 1. The van der Waals surface area contributed by atoms with Crippen LogP contribution in [0.5, 0.6) is 0 Å². The van der Waals surface area contributed by atoms with Crippen LogP contribution in [0.25, 0.3) is 0 Å². The third-order valence-electron chi connectivity index (χ3n) is 3.92. The maximum absolute atomic E-state index is 12.2. The zero-order chi connectivity index (χ0) is 12.3. The van der Waals surface area contributed by atoms with Crippen LogP contribution in [0.1, 0.15) is 46.0 Å². The van der Waals surface area contributed by atoms with Gasteiger partial charge in [-0.2, -0.15) is 0 Å². The second-order valence-electron chi connectivity index (χ2n) is 5.88. The number of carbonyl (C=O) groups excluding carboxylic acids is 1. The average molecular weight is 238 g/mol. The molecule has 2 aliphatic rings. The Morgan fingerprint density at radius 2 is 1.76 bits per heavy atom. The lowest BCUT2D eigenvalue weighted by Crippen LogP contribution is -2.42. The van der Waals surface area contributed by atoms with Crippen molar-refractivity contribution in [3.05, 3.63) is 0 Å². The maximum atomic E-state index is 12.2. The number of nitrogens with one attached hydrogen (secondary N) is 1. The Morgan fingerprint density at radius 1 is 1.24 bits per heavy atom. The quantitative estimate of drug-likeness (QED) is 0.701. The van der Waals surface area contributed by atoms with Crippen LogP contribution in [-0.2, 0) is 4.79 Å². The van der Waals surface area contributed by atoms with Crippen LogP contribution in [0.15, 0.2) is 0 Å². The van der Waals surface area contributed by atoms with Gasteiger partial charge in [-0.1, -0.05) is 6.92 Å². The van der Waals surface area contributed by atoms with Crippen molar-refractivity contribution in [2.45, 2.75) is 52.0 Å². The van der Waals surface area contributed by atoms with Crippen molar-refractivity contribution in [3.8, 4) is 0 Å². The van der Waals surface area contributed by atoms with Gasteiger partial charge in [0.15, 0.2) is 0 Å². The minimum atomic E-state index is 0.309. The van der Waals surface area contributed by atoms with Gasteiger partial charge in [-0.05, 0) is 50.9 Å². The van der Waals surface area contributed by atoms with Gasteiger partial charge in [0.05, 0.1) is 6.54 Å². The van der Waals surface area contributed by atoms with Crippen molar-refractivity contribution in [2.75, 3.05) is 19.6 Å². The van der Waals surface area contributed by atoms with Gasteiger partial charge in [0, 0.05) is 19.1 Å². The Balaban J connectivity index is 1.73. The highest BCUT2D eigenvalue weighted by molar-refractivity contribution is 5.78. The van der Waals surface area contributed by atoms with Gasteiger partial charge in [0.2, 0.25) is 5.91 Å². The highest BCUT2D eigenvalue weighted by Gasteiger charge is 2.31. The topological polar surface area (TPSA) is 32.3 Å². The summed E-state index contributed by atoms with van der Waals surface area (Å²) in [4.78, 5) is 14.3. The summed E-state index contributed by atoms with van der Waals surface area (Å²) in [5.74, 6) is 1.92. The largest absolute Gasteiger partial charge is 0.341 e. The SMILES string of the molecule is CCC(C)NCC(=O)N(CC1CC1)CC1CC1. The molecule has 98 valence electrons. The molecule has 2 fully saturated rings. The van der Waals surface area contributed by atoms with Gasteiger partial charge in [-0.3, -0.25) is 4.79 Å². The molecule has 0 spiro atoms. The second-order valence-corrected chi connectivity index (χ2v) is 5.88. The van der Waals surface area contributed by atoms with Gasteiger partial charge >= 0.3 is 0 Å². The average Bonchev–Trinajstić information content (AvgIpc) is 3.18. The van der Waals surface area contributed by atoms with Crippen LogP contribution in [0.2, 0.25) is 0 Å². The minimum Gasteiger partial charge on any atom is -0.341 e. The van der Waals surface area contributed by atoms with E-state index in [1.807, 2.05) is 0 Å². The van der Waals surface area contributed by atoms with Crippen molar-refractivity contribution in [1.82, 2.24) is 10.2 Å². The molecule has 0 aromatic carbocycles. The molecule has 0 radical (unpaired) electrons. The Bertz CT molecular complexity index is 245. The fraction of sp³-hybridized carbons (Fsp3) is 0.929. The van der Waals surface area contributed by atoms with E-state index in [0.29, 0.717) is 18.5 Å². The molecule has 0 bridgehead atoms. The highest BCUT2D eigenvalue weighted by Crippen LogP contribution is 2.33. The van der Waals surface area contributed by atoms with Crippen LogP contribution < -0.4 is 5.32 Å². The van der Waals surface area contributed by atoms with E-state index >= 15 is 0 Å². The van der Waals surface area contributed by atoms with Gasteiger partial charge in [-0.15, -0.1) is 0 Å². The molecule has 0 saturated heterocycles. The molecule has 0 heterocycles. The summed E-state index contributed by atoms with van der Waals surface area (Å²) in [5.41, 5.74) is 0. The molecule has 0 aromatic rings. The molecular formula is C14H26N2O. The minimum absolute atomic E-state index is 0.309. The van der Waals surface area contributed by atoms with Crippen molar-refractivity contribution < 1.29 is 4.79 Å². The molecule has 3 nitrogen and oxygen atoms in total. The fourth-order valence-corrected chi connectivity index (χ4v) is 2.02. The Labute approximate surface area is 105 Å². The van der Waals surface area contributed by atoms with E-state index in [4.69, 9.17) is 0 Å². The van der Waals surface area contributed by atoms with Crippen LogP contribution in [-0.4, -0.2) is 36.5 Å². The van der Waals surface area contributed by atoms with Crippen molar-refractivity contribution in [2.24, 2.45) is 11.8 Å². The molecule has 1 atom stereocenters. The molecule has 1 amide bonds. The fourth-order valence-electron chi connectivity index (χ4n) is 2.02. The second kappa shape index (κ2) is 5.85. The van der Waals surface area contributed by atoms with Crippen LogP contribution in [0, 0.1) is 11.8 Å². The Morgan fingerprint density at radius 3 is 2.18 bits per heavy atom. The monoisotopic (exact) mass is 238 g/mol. The highest BCUT2D eigenvalue weighted by atomic mass is 16.2. The summed E-state index contributed by atoms with van der Waals surface area (Å²) >= 11 is 0. The molecule has 2 rings (SSSR count). The number of nitrogens with zero attached hydrogens (tertiary/aromatic N) is 1. The molecule has 0 aliphatic heterocycles. The first kappa shape index (κ1) is 12.9. The predicted molar refractivity (Wildman–Crippen MR) is 69.8 cm³/mol. The van der Waals surface area contributed by atoms with E-state index in [1.54, 1.807) is 0 Å². The number of hydrogen-bond acceptors (Lipinski definition) is 2. The lowest BCUT2D eigenvalue weighted by atomic mass is 10.2. The van der Waals surface area contributed by atoms with E-state index in [0.717, 1.165) is 31.3 Å². The first-order chi connectivity index (χ1) is 8.19. The van der Waals surface area contributed by atoms with E-state index in [2.05, 4.69) is 24.1 Å². The maximum Gasteiger partial charge on any atom is 0.236 e. The summed E-state index contributed by atoms with van der Waals surface area (Å²) in [6, 6.07) is 0.447. The molecule has 17 heavy (non-hydrogen) atoms. The zero-order valence-electron chi connectivity index (χ0n) is 11.2. The van der Waals surface area contributed by atoms with Gasteiger partial charge in [0.25, 0.3) is 0 Å². The van der Waals surface area contributed by atoms with Gasteiger partial charge in [-0.25, -0.2) is 0 Å². The van der Waals surface area contributed by atoms with Gasteiger partial charge < -0.3 is 10.2 Å². The van der Waals surface area contributed by atoms with Crippen LogP contribution in [0.3, 0.4) is 0 Å². The zero-order valence-corrected chi connectivity index (χ0v) is 11.2. The normalized spacial score (nSPS) is 21.3. The Kier molecular flexibility index (Phi) is 4.43. The standard InChI is InChI=1S/C14H26N2O/c1-3-11(2)15-8-14(17)16(9-12-4-5-12)10-13-6-7-13/h11-13,15H,3-10H2,1-2H3. The molecular weight excluding hydrogens is 212 g/mol. The molecule has 0 aromatic heterocycles. The lowest BCUT2D eigenvalue weighted by Gasteiger charge is -2.23. The number of hydrogen-bond donors (Lipinski definition) is 1. The molecule has 2 saturated carbocycles. The number of rotatable bonds is 8. The number of amides is 1. The summed E-state index contributed by atoms with van der Waals surface area (Å²) in [5, 5.41) is 3.31. The summed E-state index contributed by atoms with van der Waals surface area (Å²) in [7, 11) is 0. The van der Waals surface area contributed by atoms with Crippen molar-refractivity contribution >= 4 is 5.91 Å². The molecule has 1 N–H and O–H groups in total. The molecule has 2 aliphatic carbocycles.